The molecule has 0 saturated heterocycles. The predicted octanol–water partition coefficient (Wildman–Crippen LogP) is 1.48. The minimum Gasteiger partial charge on any atom is -0.493 e. The highest BCUT2D eigenvalue weighted by Gasteiger charge is 2.11. The van der Waals surface area contributed by atoms with Crippen LogP contribution in [0.1, 0.15) is 24.2 Å². The third-order valence-corrected chi connectivity index (χ3v) is 3.38. The van der Waals surface area contributed by atoms with E-state index in [4.69, 9.17) is 9.47 Å². The maximum atomic E-state index is 12.1. The lowest BCUT2D eigenvalue weighted by Crippen LogP contribution is -2.42. The van der Waals surface area contributed by atoms with Crippen LogP contribution in [-0.4, -0.2) is 57.2 Å². The number of carbonyl (C=O) groups is 2. The molecule has 3 amide bonds. The molecule has 23 heavy (non-hydrogen) atoms. The van der Waals surface area contributed by atoms with Gasteiger partial charge in [-0.3, -0.25) is 4.79 Å². The molecule has 0 bridgehead atoms. The Morgan fingerprint density at radius 2 is 1.61 bits per heavy atom. The summed E-state index contributed by atoms with van der Waals surface area (Å²) in [4.78, 5) is 25.5. The summed E-state index contributed by atoms with van der Waals surface area (Å²) >= 11 is 0. The second kappa shape index (κ2) is 9.55. The molecule has 0 atom stereocenters. The summed E-state index contributed by atoms with van der Waals surface area (Å²) in [6.45, 7) is 5.86. The first-order chi connectivity index (χ1) is 11.1. The fourth-order valence-corrected chi connectivity index (χ4v) is 2.05. The van der Waals surface area contributed by atoms with Gasteiger partial charge in [0.2, 0.25) is 0 Å². The third-order valence-electron chi connectivity index (χ3n) is 3.38. The van der Waals surface area contributed by atoms with Crippen LogP contribution in [0.2, 0.25) is 0 Å². The number of ether oxygens (including phenoxy) is 2. The Labute approximate surface area is 136 Å². The molecule has 1 rings (SSSR count). The summed E-state index contributed by atoms with van der Waals surface area (Å²) in [5.74, 6) is 0.827. The summed E-state index contributed by atoms with van der Waals surface area (Å²) < 4.78 is 10.3. The van der Waals surface area contributed by atoms with E-state index in [-0.39, 0.29) is 11.9 Å². The summed E-state index contributed by atoms with van der Waals surface area (Å²) in [6.07, 6.45) is 0. The highest BCUT2D eigenvalue weighted by molar-refractivity contribution is 5.94. The highest BCUT2D eigenvalue weighted by atomic mass is 16.5. The molecule has 2 N–H and O–H groups in total. The number of benzene rings is 1. The van der Waals surface area contributed by atoms with Crippen molar-refractivity contribution < 1.29 is 19.1 Å². The Morgan fingerprint density at radius 3 is 2.17 bits per heavy atom. The SMILES string of the molecule is CCN(CC)C(=O)NCCNC(=O)c1ccc(OC)c(OC)c1. The number of hydrogen-bond acceptors (Lipinski definition) is 4. The van der Waals surface area contributed by atoms with Crippen molar-refractivity contribution in [3.05, 3.63) is 23.8 Å². The van der Waals surface area contributed by atoms with Crippen molar-refractivity contribution >= 4 is 11.9 Å². The zero-order chi connectivity index (χ0) is 17.2. The van der Waals surface area contributed by atoms with Crippen LogP contribution in [0.15, 0.2) is 18.2 Å². The first kappa shape index (κ1) is 18.6. The number of nitrogens with zero attached hydrogens (tertiary/aromatic N) is 1. The molecule has 0 spiro atoms. The monoisotopic (exact) mass is 323 g/mol. The van der Waals surface area contributed by atoms with E-state index >= 15 is 0 Å². The van der Waals surface area contributed by atoms with Crippen LogP contribution in [0.25, 0.3) is 0 Å². The molecule has 0 heterocycles. The van der Waals surface area contributed by atoms with Gasteiger partial charge in [-0.05, 0) is 32.0 Å². The standard InChI is InChI=1S/C16H25N3O4/c1-5-19(6-2)16(21)18-10-9-17-15(20)12-7-8-13(22-3)14(11-12)23-4/h7-8,11H,5-6,9-10H2,1-4H3,(H,17,20)(H,18,21). The molecule has 7 nitrogen and oxygen atoms in total. The first-order valence-electron chi connectivity index (χ1n) is 7.60. The van der Waals surface area contributed by atoms with Crippen LogP contribution >= 0.6 is 0 Å². The predicted molar refractivity (Wildman–Crippen MR) is 88.2 cm³/mol. The van der Waals surface area contributed by atoms with Crippen molar-refractivity contribution in [2.75, 3.05) is 40.4 Å². The minimum atomic E-state index is -0.233. The maximum absolute atomic E-state index is 12.1. The Morgan fingerprint density at radius 1 is 1.00 bits per heavy atom. The van der Waals surface area contributed by atoms with E-state index in [1.54, 1.807) is 23.1 Å². The average molecular weight is 323 g/mol. The van der Waals surface area contributed by atoms with Crippen LogP contribution in [0.5, 0.6) is 11.5 Å². The molecule has 1 aromatic carbocycles. The van der Waals surface area contributed by atoms with E-state index in [2.05, 4.69) is 10.6 Å². The zero-order valence-electron chi connectivity index (χ0n) is 14.1. The number of nitrogens with one attached hydrogen (secondary N) is 2. The summed E-state index contributed by atoms with van der Waals surface area (Å²) in [7, 11) is 3.05. The molecule has 0 saturated carbocycles. The molecule has 0 fully saturated rings. The van der Waals surface area contributed by atoms with Crippen molar-refractivity contribution in [2.24, 2.45) is 0 Å². The smallest absolute Gasteiger partial charge is 0.317 e. The molecule has 0 unspecified atom stereocenters. The van der Waals surface area contributed by atoms with Crippen molar-refractivity contribution in [3.63, 3.8) is 0 Å². The van der Waals surface area contributed by atoms with Gasteiger partial charge in [0.05, 0.1) is 14.2 Å². The molecule has 0 aliphatic carbocycles. The van der Waals surface area contributed by atoms with Crippen LogP contribution in [0, 0.1) is 0 Å². The van der Waals surface area contributed by atoms with Gasteiger partial charge in [-0.2, -0.15) is 0 Å². The molecule has 0 aliphatic rings. The molecule has 0 aliphatic heterocycles. The van der Waals surface area contributed by atoms with Crippen molar-refractivity contribution in [3.8, 4) is 11.5 Å². The number of urea groups is 1. The quantitative estimate of drug-likeness (QED) is 0.710. The van der Waals surface area contributed by atoms with E-state index in [0.29, 0.717) is 43.2 Å². The summed E-state index contributed by atoms with van der Waals surface area (Å²) in [5, 5.41) is 5.51. The summed E-state index contributed by atoms with van der Waals surface area (Å²) in [5.41, 5.74) is 0.470. The number of methoxy groups -OCH3 is 2. The second-order valence-corrected chi connectivity index (χ2v) is 4.73. The number of hydrogen-bond donors (Lipinski definition) is 2. The van der Waals surface area contributed by atoms with Crippen molar-refractivity contribution in [2.45, 2.75) is 13.8 Å². The van der Waals surface area contributed by atoms with Crippen LogP contribution < -0.4 is 20.1 Å². The molecule has 7 heteroatoms. The van der Waals surface area contributed by atoms with Crippen LogP contribution in [-0.2, 0) is 0 Å². The Bertz CT molecular complexity index is 530. The zero-order valence-corrected chi connectivity index (χ0v) is 14.1. The van der Waals surface area contributed by atoms with Gasteiger partial charge in [0.25, 0.3) is 5.91 Å². The van der Waals surface area contributed by atoms with Gasteiger partial charge in [0.15, 0.2) is 11.5 Å². The lowest BCUT2D eigenvalue weighted by Gasteiger charge is -2.19. The van der Waals surface area contributed by atoms with E-state index in [1.165, 1.54) is 14.2 Å². The minimum absolute atomic E-state index is 0.129. The Balaban J connectivity index is 2.47. The normalized spacial score (nSPS) is 9.91. The first-order valence-corrected chi connectivity index (χ1v) is 7.60. The average Bonchev–Trinajstić information content (AvgIpc) is 2.58. The fraction of sp³-hybridized carbons (Fsp3) is 0.500. The van der Waals surface area contributed by atoms with Gasteiger partial charge in [0.1, 0.15) is 0 Å². The van der Waals surface area contributed by atoms with Crippen LogP contribution in [0.4, 0.5) is 4.79 Å². The molecule has 1 aromatic rings. The van der Waals surface area contributed by atoms with E-state index in [9.17, 15) is 9.59 Å². The molecule has 128 valence electrons. The van der Waals surface area contributed by atoms with Crippen molar-refractivity contribution in [1.82, 2.24) is 15.5 Å². The molecule has 0 aromatic heterocycles. The lowest BCUT2D eigenvalue weighted by atomic mass is 10.2. The Kier molecular flexibility index (Phi) is 7.73. The van der Waals surface area contributed by atoms with Gasteiger partial charge < -0.3 is 25.0 Å². The van der Waals surface area contributed by atoms with Gasteiger partial charge in [-0.25, -0.2) is 4.79 Å². The molecular formula is C16H25N3O4. The van der Waals surface area contributed by atoms with Gasteiger partial charge in [0, 0.05) is 31.7 Å². The lowest BCUT2D eigenvalue weighted by molar-refractivity contribution is 0.0953. The van der Waals surface area contributed by atoms with Gasteiger partial charge in [-0.1, -0.05) is 0 Å². The van der Waals surface area contributed by atoms with E-state index < -0.39 is 0 Å². The second-order valence-electron chi connectivity index (χ2n) is 4.73. The van der Waals surface area contributed by atoms with Crippen LogP contribution in [0.3, 0.4) is 0 Å². The molecular weight excluding hydrogens is 298 g/mol. The summed E-state index contributed by atoms with van der Waals surface area (Å²) in [6, 6.07) is 4.82. The maximum Gasteiger partial charge on any atom is 0.317 e. The van der Waals surface area contributed by atoms with E-state index in [1.807, 2.05) is 13.8 Å². The fourth-order valence-electron chi connectivity index (χ4n) is 2.05. The number of rotatable bonds is 8. The van der Waals surface area contributed by atoms with Gasteiger partial charge in [-0.15, -0.1) is 0 Å². The third kappa shape index (κ3) is 5.36. The largest absolute Gasteiger partial charge is 0.493 e. The topological polar surface area (TPSA) is 79.9 Å². The number of carbonyl (C=O) groups excluding carboxylic acids is 2. The van der Waals surface area contributed by atoms with Crippen molar-refractivity contribution in [1.29, 1.82) is 0 Å². The highest BCUT2D eigenvalue weighted by Crippen LogP contribution is 2.27. The van der Waals surface area contributed by atoms with E-state index in [0.717, 1.165) is 0 Å². The Hall–Kier alpha value is -2.44. The van der Waals surface area contributed by atoms with Gasteiger partial charge >= 0.3 is 6.03 Å². The number of amides is 3. The molecule has 0 radical (unpaired) electrons.